The maximum atomic E-state index is 3.63. The number of hydrogen-bond donors (Lipinski definition) is 1. The molecule has 2 heteroatoms. The molecule has 2 nitrogen and oxygen atoms in total. The Kier molecular flexibility index (Phi) is 4.43. The number of hydrogen-bond acceptors (Lipinski definition) is 2. The van der Waals surface area contributed by atoms with Crippen molar-refractivity contribution in [2.24, 2.45) is 5.92 Å². The lowest BCUT2D eigenvalue weighted by molar-refractivity contribution is 0.217. The van der Waals surface area contributed by atoms with Gasteiger partial charge in [0.1, 0.15) is 0 Å². The summed E-state index contributed by atoms with van der Waals surface area (Å²) in [5, 5.41) is 3.63. The van der Waals surface area contributed by atoms with E-state index in [0.29, 0.717) is 0 Å². The van der Waals surface area contributed by atoms with Gasteiger partial charge >= 0.3 is 0 Å². The molecule has 0 saturated carbocycles. The van der Waals surface area contributed by atoms with Gasteiger partial charge in [-0.25, -0.2) is 0 Å². The van der Waals surface area contributed by atoms with Gasteiger partial charge in [0.2, 0.25) is 0 Å². The average Bonchev–Trinajstić information content (AvgIpc) is 2.37. The molecule has 94 valence electrons. The minimum absolute atomic E-state index is 0.804. The molecule has 0 spiro atoms. The smallest absolute Gasteiger partial charge is 0.0372 e. The first-order valence-electron chi connectivity index (χ1n) is 6.80. The molecule has 1 aromatic carbocycles. The highest BCUT2D eigenvalue weighted by Crippen LogP contribution is 2.19. The Morgan fingerprint density at radius 1 is 1.35 bits per heavy atom. The summed E-state index contributed by atoms with van der Waals surface area (Å²) in [5.74, 6) is 0.804. The number of likely N-dealkylation sites (tertiary alicyclic amines) is 1. The van der Waals surface area contributed by atoms with Gasteiger partial charge in [0, 0.05) is 18.8 Å². The molecule has 0 bridgehead atoms. The lowest BCUT2D eigenvalue weighted by atomic mass is 9.98. The third-order valence-electron chi connectivity index (χ3n) is 3.70. The Balaban J connectivity index is 1.88. The molecule has 1 unspecified atom stereocenters. The number of nitrogens with one attached hydrogen (secondary N) is 1. The van der Waals surface area contributed by atoms with Crippen molar-refractivity contribution in [1.82, 2.24) is 4.90 Å². The molecular weight excluding hydrogens is 208 g/mol. The summed E-state index contributed by atoms with van der Waals surface area (Å²) in [7, 11) is 2.23. The first-order chi connectivity index (χ1) is 8.29. The Hall–Kier alpha value is -1.02. The molecule has 1 aliphatic rings. The standard InChI is InChI=1S/C15H24N2/c1-3-14-8-4-5-9-15(14)16-11-13-7-6-10-17(2)12-13/h4-5,8-9,13,16H,3,6-7,10-12H2,1-2H3. The maximum absolute atomic E-state index is 3.63. The Labute approximate surface area is 105 Å². The third-order valence-corrected chi connectivity index (χ3v) is 3.70. The van der Waals surface area contributed by atoms with E-state index < -0.39 is 0 Å². The second kappa shape index (κ2) is 6.06. The van der Waals surface area contributed by atoms with Crippen molar-refractivity contribution in [3.8, 4) is 0 Å². The number of para-hydroxylation sites is 1. The molecule has 1 fully saturated rings. The van der Waals surface area contributed by atoms with Crippen LogP contribution in [0.2, 0.25) is 0 Å². The molecule has 2 rings (SSSR count). The van der Waals surface area contributed by atoms with Crippen LogP contribution in [0, 0.1) is 5.92 Å². The molecule has 1 saturated heterocycles. The van der Waals surface area contributed by atoms with Crippen molar-refractivity contribution < 1.29 is 0 Å². The van der Waals surface area contributed by atoms with E-state index in [1.807, 2.05) is 0 Å². The highest BCUT2D eigenvalue weighted by atomic mass is 15.1. The first-order valence-corrected chi connectivity index (χ1v) is 6.80. The average molecular weight is 232 g/mol. The summed E-state index contributed by atoms with van der Waals surface area (Å²) < 4.78 is 0. The van der Waals surface area contributed by atoms with Gasteiger partial charge in [0.05, 0.1) is 0 Å². The number of nitrogens with zero attached hydrogens (tertiary/aromatic N) is 1. The van der Waals surface area contributed by atoms with Gasteiger partial charge < -0.3 is 10.2 Å². The molecule has 1 aromatic rings. The predicted octanol–water partition coefficient (Wildman–Crippen LogP) is 3.00. The number of rotatable bonds is 4. The van der Waals surface area contributed by atoms with Gasteiger partial charge in [-0.05, 0) is 50.4 Å². The fraction of sp³-hybridized carbons (Fsp3) is 0.600. The lowest BCUT2D eigenvalue weighted by Gasteiger charge is -2.30. The van der Waals surface area contributed by atoms with E-state index >= 15 is 0 Å². The van der Waals surface area contributed by atoms with Crippen LogP contribution in [0.3, 0.4) is 0 Å². The van der Waals surface area contributed by atoms with Crippen LogP contribution in [0.15, 0.2) is 24.3 Å². The molecule has 0 amide bonds. The third kappa shape index (κ3) is 3.47. The SMILES string of the molecule is CCc1ccccc1NCC1CCCN(C)C1. The van der Waals surface area contributed by atoms with Crippen molar-refractivity contribution in [1.29, 1.82) is 0 Å². The molecule has 1 aliphatic heterocycles. The van der Waals surface area contributed by atoms with E-state index in [-0.39, 0.29) is 0 Å². The Morgan fingerprint density at radius 3 is 2.94 bits per heavy atom. The molecule has 1 N–H and O–H groups in total. The van der Waals surface area contributed by atoms with E-state index in [1.54, 1.807) is 0 Å². The summed E-state index contributed by atoms with van der Waals surface area (Å²) >= 11 is 0. The predicted molar refractivity (Wildman–Crippen MR) is 74.5 cm³/mol. The van der Waals surface area contributed by atoms with E-state index in [9.17, 15) is 0 Å². The fourth-order valence-corrected chi connectivity index (χ4v) is 2.70. The molecule has 0 aliphatic carbocycles. The largest absolute Gasteiger partial charge is 0.384 e. The van der Waals surface area contributed by atoms with Gasteiger partial charge in [-0.2, -0.15) is 0 Å². The summed E-state index contributed by atoms with van der Waals surface area (Å²) in [5.41, 5.74) is 2.75. The van der Waals surface area contributed by atoms with Crippen LogP contribution in [0.1, 0.15) is 25.3 Å². The summed E-state index contributed by atoms with van der Waals surface area (Å²) in [4.78, 5) is 2.45. The van der Waals surface area contributed by atoms with Crippen LogP contribution < -0.4 is 5.32 Å². The fourth-order valence-electron chi connectivity index (χ4n) is 2.70. The Bertz CT molecular complexity index is 349. The van der Waals surface area contributed by atoms with E-state index in [1.165, 1.54) is 37.2 Å². The second-order valence-corrected chi connectivity index (χ2v) is 5.16. The lowest BCUT2D eigenvalue weighted by Crippen LogP contribution is -2.35. The normalized spacial score (nSPS) is 21.4. The van der Waals surface area contributed by atoms with Gasteiger partial charge in [-0.15, -0.1) is 0 Å². The molecule has 17 heavy (non-hydrogen) atoms. The molecule has 0 radical (unpaired) electrons. The Morgan fingerprint density at radius 2 is 2.18 bits per heavy atom. The minimum atomic E-state index is 0.804. The van der Waals surface area contributed by atoms with Crippen LogP contribution in [-0.4, -0.2) is 31.6 Å². The summed E-state index contributed by atoms with van der Waals surface area (Å²) in [6.45, 7) is 5.83. The zero-order valence-corrected chi connectivity index (χ0v) is 11.1. The zero-order chi connectivity index (χ0) is 12.1. The first kappa shape index (κ1) is 12.4. The van der Waals surface area contributed by atoms with E-state index in [4.69, 9.17) is 0 Å². The van der Waals surface area contributed by atoms with Crippen molar-refractivity contribution in [2.45, 2.75) is 26.2 Å². The van der Waals surface area contributed by atoms with Gasteiger partial charge in [-0.3, -0.25) is 0 Å². The number of aryl methyl sites for hydroxylation is 1. The number of anilines is 1. The van der Waals surface area contributed by atoms with Gasteiger partial charge in [0.25, 0.3) is 0 Å². The van der Waals surface area contributed by atoms with Gasteiger partial charge in [-0.1, -0.05) is 25.1 Å². The molecule has 1 heterocycles. The number of benzene rings is 1. The maximum Gasteiger partial charge on any atom is 0.0372 e. The van der Waals surface area contributed by atoms with Crippen LogP contribution in [-0.2, 0) is 6.42 Å². The van der Waals surface area contributed by atoms with Crippen molar-refractivity contribution in [3.05, 3.63) is 29.8 Å². The summed E-state index contributed by atoms with van der Waals surface area (Å²) in [6.07, 6.45) is 3.82. The van der Waals surface area contributed by atoms with Crippen molar-refractivity contribution >= 4 is 5.69 Å². The quantitative estimate of drug-likeness (QED) is 0.858. The molecule has 1 atom stereocenters. The van der Waals surface area contributed by atoms with Crippen LogP contribution in [0.25, 0.3) is 0 Å². The molecule has 0 aromatic heterocycles. The minimum Gasteiger partial charge on any atom is -0.384 e. The highest BCUT2D eigenvalue weighted by molar-refractivity contribution is 5.51. The van der Waals surface area contributed by atoms with Crippen LogP contribution in [0.4, 0.5) is 5.69 Å². The van der Waals surface area contributed by atoms with Crippen molar-refractivity contribution in [2.75, 3.05) is 32.0 Å². The number of piperidine rings is 1. The van der Waals surface area contributed by atoms with Crippen molar-refractivity contribution in [3.63, 3.8) is 0 Å². The zero-order valence-electron chi connectivity index (χ0n) is 11.1. The monoisotopic (exact) mass is 232 g/mol. The van der Waals surface area contributed by atoms with Crippen LogP contribution >= 0.6 is 0 Å². The summed E-state index contributed by atoms with van der Waals surface area (Å²) in [6, 6.07) is 8.66. The van der Waals surface area contributed by atoms with E-state index in [0.717, 1.165) is 18.9 Å². The van der Waals surface area contributed by atoms with E-state index in [2.05, 4.69) is 48.5 Å². The highest BCUT2D eigenvalue weighted by Gasteiger charge is 2.16. The second-order valence-electron chi connectivity index (χ2n) is 5.16. The van der Waals surface area contributed by atoms with Crippen LogP contribution in [0.5, 0.6) is 0 Å². The van der Waals surface area contributed by atoms with Gasteiger partial charge in [0.15, 0.2) is 0 Å². The topological polar surface area (TPSA) is 15.3 Å². The molecular formula is C15H24N2.